The first-order valence-electron chi connectivity index (χ1n) is 8.48. The highest BCUT2D eigenvalue weighted by Crippen LogP contribution is 2.34. The predicted octanol–water partition coefficient (Wildman–Crippen LogP) is 0.986. The summed E-state index contributed by atoms with van der Waals surface area (Å²) in [5.41, 5.74) is 0. The fourth-order valence-electron chi connectivity index (χ4n) is 3.72. The fraction of sp³-hybridized carbons (Fsp3) is 0.867. The maximum Gasteiger partial charge on any atom is 0.214 e. The molecular formula is C15H26N4O3S. The van der Waals surface area contributed by atoms with Crippen LogP contribution in [-0.4, -0.2) is 59.0 Å². The van der Waals surface area contributed by atoms with E-state index in [2.05, 4.69) is 14.8 Å². The van der Waals surface area contributed by atoms with Gasteiger partial charge in [0.25, 0.3) is 0 Å². The highest BCUT2D eigenvalue weighted by atomic mass is 32.2. The van der Waals surface area contributed by atoms with Gasteiger partial charge in [0, 0.05) is 38.6 Å². The number of fused-ring (bicyclic) bond motifs is 3. The van der Waals surface area contributed by atoms with Gasteiger partial charge >= 0.3 is 0 Å². The molecule has 2 bridgehead atoms. The van der Waals surface area contributed by atoms with Gasteiger partial charge in [0.05, 0.1) is 12.4 Å². The van der Waals surface area contributed by atoms with Crippen molar-refractivity contribution in [3.05, 3.63) is 11.6 Å². The first kappa shape index (κ1) is 16.9. The average Bonchev–Trinajstić information content (AvgIpc) is 3.03. The van der Waals surface area contributed by atoms with E-state index < -0.39 is 10.0 Å². The largest absolute Gasteiger partial charge is 0.384 e. The zero-order chi connectivity index (χ0) is 16.4. The van der Waals surface area contributed by atoms with Crippen molar-refractivity contribution in [3.8, 4) is 0 Å². The molecule has 0 amide bonds. The molecule has 0 unspecified atom stereocenters. The molecule has 2 aliphatic rings. The maximum atomic E-state index is 12.7. The summed E-state index contributed by atoms with van der Waals surface area (Å²) in [4.78, 5) is 0. The minimum absolute atomic E-state index is 0.0420. The summed E-state index contributed by atoms with van der Waals surface area (Å²) in [5, 5.41) is 8.58. The Morgan fingerprint density at radius 1 is 1.26 bits per heavy atom. The van der Waals surface area contributed by atoms with Crippen molar-refractivity contribution in [2.75, 3.05) is 19.5 Å². The fourth-order valence-corrected chi connectivity index (χ4v) is 5.85. The Labute approximate surface area is 138 Å². The van der Waals surface area contributed by atoms with E-state index in [0.29, 0.717) is 26.0 Å². The molecule has 1 aromatic rings. The molecule has 0 aromatic carbocycles. The molecule has 0 aliphatic carbocycles. The highest BCUT2D eigenvalue weighted by molar-refractivity contribution is 7.89. The molecule has 0 N–H and O–H groups in total. The zero-order valence-electron chi connectivity index (χ0n) is 13.9. The van der Waals surface area contributed by atoms with E-state index in [1.807, 2.05) is 6.92 Å². The Balaban J connectivity index is 1.83. The number of rotatable bonds is 7. The highest BCUT2D eigenvalue weighted by Gasteiger charge is 2.44. The van der Waals surface area contributed by atoms with Gasteiger partial charge in [0.15, 0.2) is 0 Å². The number of sulfonamides is 1. The molecule has 2 atom stereocenters. The minimum Gasteiger partial charge on any atom is -0.384 e. The zero-order valence-corrected chi connectivity index (χ0v) is 14.8. The molecule has 2 aliphatic heterocycles. The van der Waals surface area contributed by atoms with Crippen LogP contribution >= 0.6 is 0 Å². The quantitative estimate of drug-likeness (QED) is 0.738. The number of hydrogen-bond acceptors (Lipinski definition) is 5. The standard InChI is InChI=1S/C15H26N4O3S/c1-3-4-9-23(20,21)19-12-5-6-13(19)11-18-14(7-8-22-2)16-17-15(18)10-12/h12-13H,3-11H2,1-2H3/t12-,13+/m0/s1. The molecule has 0 saturated carbocycles. The second-order valence-corrected chi connectivity index (χ2v) is 8.47. The molecule has 130 valence electrons. The number of nitrogens with zero attached hydrogens (tertiary/aromatic N) is 4. The third-order valence-corrected chi connectivity index (χ3v) is 6.92. The summed E-state index contributed by atoms with van der Waals surface area (Å²) in [7, 11) is -1.51. The number of hydrogen-bond donors (Lipinski definition) is 0. The van der Waals surface area contributed by atoms with Gasteiger partial charge in [-0.1, -0.05) is 13.3 Å². The van der Waals surface area contributed by atoms with Crippen LogP contribution in [0.5, 0.6) is 0 Å². The summed E-state index contributed by atoms with van der Waals surface area (Å²) in [6.07, 6.45) is 4.86. The number of aromatic nitrogens is 3. The van der Waals surface area contributed by atoms with Crippen LogP contribution in [0.2, 0.25) is 0 Å². The van der Waals surface area contributed by atoms with Gasteiger partial charge in [-0.3, -0.25) is 0 Å². The van der Waals surface area contributed by atoms with Gasteiger partial charge in [-0.05, 0) is 19.3 Å². The van der Waals surface area contributed by atoms with Crippen LogP contribution in [0, 0.1) is 0 Å². The van der Waals surface area contributed by atoms with Crippen LogP contribution in [0.4, 0.5) is 0 Å². The minimum atomic E-state index is -3.18. The summed E-state index contributed by atoms with van der Waals surface area (Å²) in [6, 6.07) is 0.0861. The molecule has 3 heterocycles. The Kier molecular flexibility index (Phi) is 5.03. The van der Waals surface area contributed by atoms with E-state index >= 15 is 0 Å². The molecule has 1 saturated heterocycles. The second kappa shape index (κ2) is 6.86. The van der Waals surface area contributed by atoms with E-state index in [1.54, 1.807) is 11.4 Å². The first-order valence-corrected chi connectivity index (χ1v) is 10.1. The number of unbranched alkanes of at least 4 members (excludes halogenated alkanes) is 1. The van der Waals surface area contributed by atoms with E-state index in [4.69, 9.17) is 4.74 Å². The lowest BCUT2D eigenvalue weighted by Gasteiger charge is -2.27. The number of ether oxygens (including phenoxy) is 1. The van der Waals surface area contributed by atoms with Gasteiger partial charge in [-0.2, -0.15) is 4.31 Å². The van der Waals surface area contributed by atoms with E-state index in [0.717, 1.165) is 37.3 Å². The van der Waals surface area contributed by atoms with Crippen LogP contribution < -0.4 is 0 Å². The molecule has 1 aromatic heterocycles. The summed E-state index contributed by atoms with van der Waals surface area (Å²) >= 11 is 0. The lowest BCUT2D eigenvalue weighted by Crippen LogP contribution is -2.43. The molecule has 7 nitrogen and oxygen atoms in total. The summed E-state index contributed by atoms with van der Waals surface area (Å²) in [5.74, 6) is 2.08. The van der Waals surface area contributed by atoms with Crippen LogP contribution in [0.25, 0.3) is 0 Å². The summed E-state index contributed by atoms with van der Waals surface area (Å²) < 4.78 is 34.5. The molecule has 3 rings (SSSR count). The molecule has 0 spiro atoms. The Morgan fingerprint density at radius 2 is 2.04 bits per heavy atom. The van der Waals surface area contributed by atoms with Crippen molar-refractivity contribution in [3.63, 3.8) is 0 Å². The molecule has 0 radical (unpaired) electrons. The molecule has 8 heteroatoms. The van der Waals surface area contributed by atoms with Crippen LogP contribution in [0.1, 0.15) is 44.3 Å². The smallest absolute Gasteiger partial charge is 0.214 e. The van der Waals surface area contributed by atoms with E-state index in [1.165, 1.54) is 0 Å². The van der Waals surface area contributed by atoms with Gasteiger partial charge < -0.3 is 9.30 Å². The molecule has 1 fully saturated rings. The van der Waals surface area contributed by atoms with E-state index in [-0.39, 0.29) is 17.8 Å². The lowest BCUT2D eigenvalue weighted by molar-refractivity contribution is 0.199. The van der Waals surface area contributed by atoms with Crippen molar-refractivity contribution in [2.24, 2.45) is 0 Å². The van der Waals surface area contributed by atoms with Crippen LogP contribution in [0.15, 0.2) is 0 Å². The Morgan fingerprint density at radius 3 is 2.78 bits per heavy atom. The van der Waals surface area contributed by atoms with Gasteiger partial charge in [-0.15, -0.1) is 10.2 Å². The van der Waals surface area contributed by atoms with E-state index in [9.17, 15) is 8.42 Å². The summed E-state index contributed by atoms with van der Waals surface area (Å²) in [6.45, 7) is 3.30. The molecular weight excluding hydrogens is 316 g/mol. The van der Waals surface area contributed by atoms with Gasteiger partial charge in [-0.25, -0.2) is 8.42 Å². The Hall–Kier alpha value is -0.990. The monoisotopic (exact) mass is 342 g/mol. The molecule has 23 heavy (non-hydrogen) atoms. The Bertz CT molecular complexity index is 643. The van der Waals surface area contributed by atoms with Crippen molar-refractivity contribution < 1.29 is 13.2 Å². The van der Waals surface area contributed by atoms with Crippen molar-refractivity contribution in [2.45, 2.75) is 64.1 Å². The third kappa shape index (κ3) is 3.29. The predicted molar refractivity (Wildman–Crippen MR) is 86.6 cm³/mol. The topological polar surface area (TPSA) is 77.3 Å². The van der Waals surface area contributed by atoms with Gasteiger partial charge in [0.1, 0.15) is 11.6 Å². The maximum absolute atomic E-state index is 12.7. The van der Waals surface area contributed by atoms with Crippen molar-refractivity contribution in [1.29, 1.82) is 0 Å². The first-order chi connectivity index (χ1) is 11.1. The lowest BCUT2D eigenvalue weighted by atomic mass is 10.1. The third-order valence-electron chi connectivity index (χ3n) is 4.88. The van der Waals surface area contributed by atoms with Crippen LogP contribution in [-0.2, 0) is 34.1 Å². The SMILES string of the molecule is CCCCS(=O)(=O)N1[C@@H]2CC[C@H]1Cc1nnc(CCOC)n1C2. The van der Waals surface area contributed by atoms with Crippen molar-refractivity contribution in [1.82, 2.24) is 19.1 Å². The van der Waals surface area contributed by atoms with Gasteiger partial charge in [0.2, 0.25) is 10.0 Å². The average molecular weight is 342 g/mol. The van der Waals surface area contributed by atoms with Crippen LogP contribution in [0.3, 0.4) is 0 Å². The number of methoxy groups -OCH3 is 1. The second-order valence-electron chi connectivity index (χ2n) is 6.47. The van der Waals surface area contributed by atoms with Crippen molar-refractivity contribution >= 4 is 10.0 Å². The normalized spacial score (nSPS) is 24.6.